The minimum atomic E-state index is -2.43. The summed E-state index contributed by atoms with van der Waals surface area (Å²) in [5.74, 6) is 0. The lowest BCUT2D eigenvalue weighted by Gasteiger charge is -2.50. The second kappa shape index (κ2) is 34.0. The zero-order chi connectivity index (χ0) is 72.1. The molecule has 0 aromatic carbocycles. The molecule has 0 aliphatic carbocycles. The quantitative estimate of drug-likeness (QED) is 0.0814. The van der Waals surface area contributed by atoms with Crippen molar-refractivity contribution < 1.29 is 223 Å². The van der Waals surface area contributed by atoms with E-state index in [0.29, 0.717) is 0 Å². The Morgan fingerprint density at radius 2 is 0.404 bits per heavy atom. The van der Waals surface area contributed by atoms with Gasteiger partial charge in [0, 0.05) is 0 Å². The summed E-state index contributed by atoms with van der Waals surface area (Å²) in [5, 5.41) is 299. The summed E-state index contributed by atoms with van der Waals surface area (Å²) in [6.45, 7) is -9.86. The first-order chi connectivity index (χ1) is 47.1. The molecule has 45 nitrogen and oxygen atoms in total. The van der Waals surface area contributed by atoms with Gasteiger partial charge in [0.2, 0.25) is 0 Å². The van der Waals surface area contributed by atoms with Crippen LogP contribution in [0.2, 0.25) is 0 Å². The summed E-state index contributed by atoms with van der Waals surface area (Å²) < 4.78 is 103. The molecule has 23 heterocycles. The van der Waals surface area contributed by atoms with Crippen LogP contribution in [0.5, 0.6) is 0 Å². The molecule has 23 rings (SSSR count). The van der Waals surface area contributed by atoms with Crippen LogP contribution in [0, 0.1) is 0 Å². The van der Waals surface area contributed by atoms with Crippen LogP contribution in [0.25, 0.3) is 0 Å². The van der Waals surface area contributed by atoms with Gasteiger partial charge < -0.3 is 223 Å². The largest absolute Gasteiger partial charge is 0.394 e. The fourth-order valence-electron chi connectivity index (χ4n) is 13.3. The highest BCUT2D eigenvalue weighted by Gasteiger charge is 2.61. The van der Waals surface area contributed by atoms with Crippen LogP contribution >= 0.6 is 0 Å². The minimum absolute atomic E-state index is 0.906. The molecular formula is C54H90O45. The monoisotopic (exact) mass is 1460 g/mol. The lowest BCUT2D eigenvalue weighted by atomic mass is 9.95. The van der Waals surface area contributed by atoms with Crippen molar-refractivity contribution in [1.29, 1.82) is 0 Å². The summed E-state index contributed by atoms with van der Waals surface area (Å²) in [5.41, 5.74) is 0. The third kappa shape index (κ3) is 16.0. The van der Waals surface area contributed by atoms with E-state index in [2.05, 4.69) is 0 Å². The van der Waals surface area contributed by atoms with E-state index in [1.165, 1.54) is 0 Å². The van der Waals surface area contributed by atoms with Crippen molar-refractivity contribution in [2.24, 2.45) is 0 Å². The van der Waals surface area contributed by atoms with Gasteiger partial charge in [-0.05, 0) is 0 Å². The first-order valence-electron chi connectivity index (χ1n) is 31.6. The van der Waals surface area contributed by atoms with Crippen molar-refractivity contribution in [2.45, 2.75) is 276 Å². The second-order valence-electron chi connectivity index (χ2n) is 25.3. The van der Waals surface area contributed by atoms with Crippen molar-refractivity contribution in [1.82, 2.24) is 0 Å². The molecule has 99 heavy (non-hydrogen) atoms. The lowest BCUT2D eigenvalue weighted by Crippen LogP contribution is -2.68. The SMILES string of the molecule is OCC1OC(OC2C(CO)OC(OCC3OC4OC5C(CO)OC(OC6C(CO)OC(OC7C(CO)OC(OC8C(CO)OC(OC9C(CO)OC(OC%10C(CO)OC(OC3C(O)C4O)C(O)C%10O)C(O)C9O)C(O)C8O)C(O)C7O)C(O)C6O)C(O)C5O)C(O)C2O)C(O)C(O)C1O. The zero-order valence-corrected chi connectivity index (χ0v) is 51.8. The van der Waals surface area contributed by atoms with Crippen LogP contribution in [-0.4, -0.2) is 474 Å². The molecule has 23 fully saturated rings. The molecule has 45 atom stereocenters. The summed E-state index contributed by atoms with van der Waals surface area (Å²) in [7, 11) is 0. The van der Waals surface area contributed by atoms with Crippen LogP contribution in [0.4, 0.5) is 0 Å². The van der Waals surface area contributed by atoms with E-state index >= 15 is 0 Å². The van der Waals surface area contributed by atoms with Crippen LogP contribution in [-0.2, 0) is 85.3 Å². The van der Waals surface area contributed by atoms with E-state index in [1.54, 1.807) is 0 Å². The average molecular weight is 1460 g/mol. The van der Waals surface area contributed by atoms with Crippen LogP contribution in [0.15, 0.2) is 0 Å². The van der Waals surface area contributed by atoms with Gasteiger partial charge in [0.15, 0.2) is 56.6 Å². The topological polar surface area (TPSA) is 712 Å². The fraction of sp³-hybridized carbons (Fsp3) is 1.00. The molecular weight excluding hydrogens is 1370 g/mol. The first kappa shape index (κ1) is 79.8. The number of aliphatic hydroxyl groups excluding tert-OH is 27. The highest BCUT2D eigenvalue weighted by molar-refractivity contribution is 5.03. The third-order valence-electron chi connectivity index (χ3n) is 19.0. The Bertz CT molecular complexity index is 2450. The predicted molar refractivity (Wildman–Crippen MR) is 294 cm³/mol. The molecule has 0 aromatic rings. The molecule has 0 aromatic heterocycles. The van der Waals surface area contributed by atoms with Crippen molar-refractivity contribution in [3.8, 4) is 0 Å². The summed E-state index contributed by atoms with van der Waals surface area (Å²) in [6, 6.07) is 0. The van der Waals surface area contributed by atoms with Crippen molar-refractivity contribution in [2.75, 3.05) is 59.5 Å². The van der Waals surface area contributed by atoms with Gasteiger partial charge in [-0.3, -0.25) is 0 Å². The van der Waals surface area contributed by atoms with Crippen molar-refractivity contribution >= 4 is 0 Å². The summed E-state index contributed by atoms with van der Waals surface area (Å²) >= 11 is 0. The normalized spacial score (nSPS) is 55.1. The zero-order valence-electron chi connectivity index (χ0n) is 51.8. The average Bonchev–Trinajstić information content (AvgIpc) is 0.785. The molecule has 23 aliphatic heterocycles. The Morgan fingerprint density at radius 3 is 0.657 bits per heavy atom. The van der Waals surface area contributed by atoms with E-state index in [0.717, 1.165) is 0 Å². The molecule has 0 spiro atoms. The smallest absolute Gasteiger partial charge is 0.187 e. The molecule has 23 saturated heterocycles. The molecule has 576 valence electrons. The molecule has 0 radical (unpaired) electrons. The van der Waals surface area contributed by atoms with Gasteiger partial charge in [-0.15, -0.1) is 0 Å². The van der Waals surface area contributed by atoms with E-state index in [9.17, 15) is 138 Å². The summed E-state index contributed by atoms with van der Waals surface area (Å²) in [4.78, 5) is 0. The van der Waals surface area contributed by atoms with Crippen LogP contribution in [0.1, 0.15) is 0 Å². The Balaban J connectivity index is 0.938. The number of rotatable bonds is 13. The summed E-state index contributed by atoms with van der Waals surface area (Å²) in [6.07, 6.45) is -94.3. The molecule has 14 bridgehead atoms. The van der Waals surface area contributed by atoms with Crippen molar-refractivity contribution in [3.05, 3.63) is 0 Å². The van der Waals surface area contributed by atoms with Crippen LogP contribution < -0.4 is 0 Å². The first-order valence-corrected chi connectivity index (χ1v) is 31.6. The van der Waals surface area contributed by atoms with Crippen molar-refractivity contribution in [3.63, 3.8) is 0 Å². The van der Waals surface area contributed by atoms with Crippen LogP contribution in [0.3, 0.4) is 0 Å². The Labute approximate surface area is 558 Å². The maximum absolute atomic E-state index is 12.0. The number of ether oxygens (including phenoxy) is 18. The molecule has 45 heteroatoms. The highest BCUT2D eigenvalue weighted by atomic mass is 16.8. The second-order valence-corrected chi connectivity index (χ2v) is 25.3. The van der Waals surface area contributed by atoms with E-state index in [1.807, 2.05) is 0 Å². The number of aliphatic hydroxyl groups is 27. The molecule has 23 aliphatic rings. The van der Waals surface area contributed by atoms with Gasteiger partial charge >= 0.3 is 0 Å². The highest BCUT2D eigenvalue weighted by Crippen LogP contribution is 2.40. The maximum Gasteiger partial charge on any atom is 0.187 e. The standard InChI is InChI=1S/C54H90O45/c55-1-10-19(63)20(64)29(73)47(83-10)92-38-11(2-56)84-46(30(74)21(38)65)82-9-18-45-28(72)37(81)54(91-18)98-44-17(8-62)89-52(35(79)26(44)70)96-42-15(6-60)87-50(33(77)24(42)68)94-40-13(4-58)85-48(31(75)22(40)66)93-39-12(3-57)86-49(32(76)23(39)67)95-41-14(5-59)88-51(34(78)25(41)69)97-43-16(7-61)90-53(99-45)36(80)27(43)71/h10-81H,1-9H2. The minimum Gasteiger partial charge on any atom is -0.394 e. The Morgan fingerprint density at radius 1 is 0.182 bits per heavy atom. The van der Waals surface area contributed by atoms with Gasteiger partial charge in [-0.1, -0.05) is 0 Å². The Kier molecular flexibility index (Phi) is 27.4. The van der Waals surface area contributed by atoms with E-state index in [4.69, 9.17) is 85.3 Å². The van der Waals surface area contributed by atoms with Gasteiger partial charge in [0.05, 0.1) is 59.5 Å². The van der Waals surface area contributed by atoms with E-state index in [-0.39, 0.29) is 0 Å². The fourth-order valence-corrected chi connectivity index (χ4v) is 13.3. The molecule has 45 unspecified atom stereocenters. The molecule has 27 N–H and O–H groups in total. The Hall–Kier alpha value is -1.80. The lowest BCUT2D eigenvalue weighted by molar-refractivity contribution is -0.399. The van der Waals surface area contributed by atoms with Gasteiger partial charge in [-0.25, -0.2) is 0 Å². The molecule has 0 saturated carbocycles. The predicted octanol–water partition coefficient (Wildman–Crippen LogP) is -19.6. The van der Waals surface area contributed by atoms with Gasteiger partial charge in [-0.2, -0.15) is 0 Å². The van der Waals surface area contributed by atoms with E-state index < -0.39 is 336 Å². The van der Waals surface area contributed by atoms with Gasteiger partial charge in [0.1, 0.15) is 220 Å². The number of hydrogen-bond donors (Lipinski definition) is 27. The molecule has 0 amide bonds. The maximum atomic E-state index is 12.0. The van der Waals surface area contributed by atoms with Gasteiger partial charge in [0.25, 0.3) is 0 Å². The number of hydrogen-bond acceptors (Lipinski definition) is 45. The third-order valence-corrected chi connectivity index (χ3v) is 19.0.